The maximum Gasteiger partial charge on any atom is 0.133 e. The molecule has 0 amide bonds. The van der Waals surface area contributed by atoms with Crippen LogP contribution in [0, 0.1) is 5.41 Å². The maximum atomic E-state index is 5.71. The third-order valence-corrected chi connectivity index (χ3v) is 3.96. The van der Waals surface area contributed by atoms with Crippen molar-refractivity contribution in [3.63, 3.8) is 0 Å². The number of hydrogen-bond acceptors (Lipinski definition) is 3. The molecule has 0 saturated heterocycles. The number of halogens is 1. The highest BCUT2D eigenvalue weighted by Crippen LogP contribution is 2.25. The minimum Gasteiger partial charge on any atom is -0.496 e. The summed E-state index contributed by atoms with van der Waals surface area (Å²) in [6.07, 6.45) is 2.13. The fourth-order valence-corrected chi connectivity index (χ4v) is 2.34. The lowest BCUT2D eigenvalue weighted by Gasteiger charge is -2.22. The Morgan fingerprint density at radius 3 is 2.63 bits per heavy atom. The van der Waals surface area contributed by atoms with Gasteiger partial charge in [-0.05, 0) is 71.5 Å². The molecule has 0 spiro atoms. The van der Waals surface area contributed by atoms with Gasteiger partial charge in [-0.3, -0.25) is 0 Å². The highest BCUT2D eigenvalue weighted by atomic mass is 79.9. The molecule has 108 valence electrons. The summed E-state index contributed by atoms with van der Waals surface area (Å²) in [7, 11) is 1.68. The Balaban J connectivity index is 2.28. The summed E-state index contributed by atoms with van der Waals surface area (Å²) in [4.78, 5) is 0. The monoisotopic (exact) mass is 328 g/mol. The first-order valence-electron chi connectivity index (χ1n) is 6.72. The van der Waals surface area contributed by atoms with Crippen molar-refractivity contribution >= 4 is 15.9 Å². The largest absolute Gasteiger partial charge is 0.496 e. The molecule has 0 bridgehead atoms. The SMILES string of the molecule is COc1ccc(CCNCCC(C)(C)CN)cc1Br. The van der Waals surface area contributed by atoms with E-state index in [9.17, 15) is 0 Å². The molecule has 0 aliphatic heterocycles. The van der Waals surface area contributed by atoms with Gasteiger partial charge >= 0.3 is 0 Å². The number of nitrogens with two attached hydrogens (primary N) is 1. The van der Waals surface area contributed by atoms with E-state index in [2.05, 4.69) is 47.2 Å². The van der Waals surface area contributed by atoms with Crippen LogP contribution in [-0.4, -0.2) is 26.7 Å². The van der Waals surface area contributed by atoms with Gasteiger partial charge < -0.3 is 15.8 Å². The molecule has 1 rings (SSSR count). The highest BCUT2D eigenvalue weighted by Gasteiger charge is 2.14. The number of methoxy groups -OCH3 is 1. The first-order chi connectivity index (χ1) is 8.98. The van der Waals surface area contributed by atoms with Gasteiger partial charge in [-0.25, -0.2) is 0 Å². The van der Waals surface area contributed by atoms with Gasteiger partial charge in [0, 0.05) is 0 Å². The fraction of sp³-hybridized carbons (Fsp3) is 0.600. The van der Waals surface area contributed by atoms with Gasteiger partial charge in [-0.15, -0.1) is 0 Å². The van der Waals surface area contributed by atoms with E-state index in [1.807, 2.05) is 6.07 Å². The van der Waals surface area contributed by atoms with Gasteiger partial charge in [-0.1, -0.05) is 19.9 Å². The normalized spacial score (nSPS) is 11.6. The van der Waals surface area contributed by atoms with E-state index < -0.39 is 0 Å². The zero-order chi connectivity index (χ0) is 14.3. The van der Waals surface area contributed by atoms with E-state index >= 15 is 0 Å². The molecule has 0 radical (unpaired) electrons. The van der Waals surface area contributed by atoms with Gasteiger partial charge in [-0.2, -0.15) is 0 Å². The smallest absolute Gasteiger partial charge is 0.133 e. The van der Waals surface area contributed by atoms with Crippen molar-refractivity contribution in [2.45, 2.75) is 26.7 Å². The molecule has 0 heterocycles. The van der Waals surface area contributed by atoms with Crippen LogP contribution in [0.15, 0.2) is 22.7 Å². The van der Waals surface area contributed by atoms with E-state index in [0.717, 1.165) is 42.7 Å². The molecule has 0 aliphatic carbocycles. The van der Waals surface area contributed by atoms with Crippen molar-refractivity contribution in [1.82, 2.24) is 5.32 Å². The van der Waals surface area contributed by atoms with Crippen LogP contribution in [0.2, 0.25) is 0 Å². The summed E-state index contributed by atoms with van der Waals surface area (Å²) in [5.74, 6) is 0.876. The van der Waals surface area contributed by atoms with Gasteiger partial charge in [0.25, 0.3) is 0 Å². The van der Waals surface area contributed by atoms with Crippen LogP contribution in [0.1, 0.15) is 25.8 Å². The Morgan fingerprint density at radius 2 is 2.05 bits per heavy atom. The molecule has 19 heavy (non-hydrogen) atoms. The molecule has 0 aromatic heterocycles. The van der Waals surface area contributed by atoms with Gasteiger partial charge in [0.2, 0.25) is 0 Å². The summed E-state index contributed by atoms with van der Waals surface area (Å²) in [5, 5.41) is 3.47. The van der Waals surface area contributed by atoms with Crippen molar-refractivity contribution < 1.29 is 4.74 Å². The minimum absolute atomic E-state index is 0.232. The molecule has 1 aromatic carbocycles. The zero-order valence-electron chi connectivity index (χ0n) is 12.1. The predicted octanol–water partition coefficient (Wildman–Crippen LogP) is 2.96. The summed E-state index contributed by atoms with van der Waals surface area (Å²) in [6, 6.07) is 6.22. The van der Waals surface area contributed by atoms with Crippen LogP contribution in [0.25, 0.3) is 0 Å². The Bertz CT molecular complexity index is 394. The van der Waals surface area contributed by atoms with Crippen molar-refractivity contribution in [2.24, 2.45) is 11.1 Å². The summed E-state index contributed by atoms with van der Waals surface area (Å²) in [6.45, 7) is 7.14. The zero-order valence-corrected chi connectivity index (χ0v) is 13.7. The van der Waals surface area contributed by atoms with Crippen LogP contribution in [0.4, 0.5) is 0 Å². The average Bonchev–Trinajstić information content (AvgIpc) is 2.38. The van der Waals surface area contributed by atoms with Crippen molar-refractivity contribution in [2.75, 3.05) is 26.7 Å². The fourth-order valence-electron chi connectivity index (χ4n) is 1.75. The topological polar surface area (TPSA) is 47.3 Å². The van der Waals surface area contributed by atoms with Crippen molar-refractivity contribution in [1.29, 1.82) is 0 Å². The van der Waals surface area contributed by atoms with Gasteiger partial charge in [0.1, 0.15) is 5.75 Å². The minimum atomic E-state index is 0.232. The molecular formula is C15H25BrN2O. The lowest BCUT2D eigenvalue weighted by molar-refractivity contribution is 0.340. The molecule has 0 saturated carbocycles. The molecule has 4 heteroatoms. The second kappa shape index (κ2) is 7.88. The predicted molar refractivity (Wildman–Crippen MR) is 84.7 cm³/mol. The average molecular weight is 329 g/mol. The lowest BCUT2D eigenvalue weighted by atomic mass is 9.90. The van der Waals surface area contributed by atoms with Gasteiger partial charge in [0.15, 0.2) is 0 Å². The first-order valence-corrected chi connectivity index (χ1v) is 7.51. The number of nitrogens with one attached hydrogen (secondary N) is 1. The second-order valence-corrected chi connectivity index (χ2v) is 6.44. The highest BCUT2D eigenvalue weighted by molar-refractivity contribution is 9.10. The Hall–Kier alpha value is -0.580. The van der Waals surface area contributed by atoms with E-state index in [1.54, 1.807) is 7.11 Å². The van der Waals surface area contributed by atoms with Crippen LogP contribution in [0.3, 0.4) is 0 Å². The molecule has 0 aliphatic rings. The molecule has 3 nitrogen and oxygen atoms in total. The van der Waals surface area contributed by atoms with Crippen LogP contribution >= 0.6 is 15.9 Å². The Labute approximate surface area is 125 Å². The standard InChI is InChI=1S/C15H25BrN2O/c1-15(2,11-17)7-9-18-8-6-12-4-5-14(19-3)13(16)10-12/h4-5,10,18H,6-9,11,17H2,1-3H3. The third-order valence-electron chi connectivity index (χ3n) is 3.34. The summed E-state index contributed by atoms with van der Waals surface area (Å²) < 4.78 is 6.23. The van der Waals surface area contributed by atoms with E-state index in [4.69, 9.17) is 10.5 Å². The maximum absolute atomic E-state index is 5.71. The Morgan fingerprint density at radius 1 is 1.32 bits per heavy atom. The number of hydrogen-bond donors (Lipinski definition) is 2. The van der Waals surface area contributed by atoms with Crippen LogP contribution in [0.5, 0.6) is 5.75 Å². The molecule has 0 fully saturated rings. The quantitative estimate of drug-likeness (QED) is 0.721. The van der Waals surface area contributed by atoms with Crippen LogP contribution < -0.4 is 15.8 Å². The van der Waals surface area contributed by atoms with E-state index in [-0.39, 0.29) is 5.41 Å². The Kier molecular flexibility index (Phi) is 6.83. The van der Waals surface area contributed by atoms with Crippen LogP contribution in [-0.2, 0) is 6.42 Å². The van der Waals surface area contributed by atoms with E-state index in [1.165, 1.54) is 5.56 Å². The third kappa shape index (κ3) is 5.93. The first kappa shape index (κ1) is 16.5. The second-order valence-electron chi connectivity index (χ2n) is 5.59. The molecule has 1 aromatic rings. The molecule has 3 N–H and O–H groups in total. The van der Waals surface area contributed by atoms with Crippen molar-refractivity contribution in [3.8, 4) is 5.75 Å². The number of rotatable bonds is 8. The van der Waals surface area contributed by atoms with E-state index in [0.29, 0.717) is 0 Å². The summed E-state index contributed by atoms with van der Waals surface area (Å²) in [5.41, 5.74) is 7.25. The number of ether oxygens (including phenoxy) is 1. The number of benzene rings is 1. The molecule has 0 unspecified atom stereocenters. The van der Waals surface area contributed by atoms with Crippen molar-refractivity contribution in [3.05, 3.63) is 28.2 Å². The summed E-state index contributed by atoms with van der Waals surface area (Å²) >= 11 is 3.51. The molecule has 0 atom stereocenters. The van der Waals surface area contributed by atoms with Gasteiger partial charge in [0.05, 0.1) is 11.6 Å². The lowest BCUT2D eigenvalue weighted by Crippen LogP contribution is -2.29. The molecular weight excluding hydrogens is 304 g/mol.